The van der Waals surface area contributed by atoms with Crippen molar-refractivity contribution in [2.75, 3.05) is 20.3 Å². The van der Waals surface area contributed by atoms with E-state index >= 15 is 0 Å². The Hall–Kier alpha value is -1.75. The van der Waals surface area contributed by atoms with E-state index in [1.807, 2.05) is 18.2 Å². The fraction of sp³-hybridized carbons (Fsp3) is 0.533. The monoisotopic (exact) mass is 278 g/mol. The average Bonchev–Trinajstić information content (AvgIpc) is 3.23. The molecule has 1 amide bonds. The number of rotatable bonds is 8. The van der Waals surface area contributed by atoms with Crippen molar-refractivity contribution in [2.45, 2.75) is 31.7 Å². The molecular weight excluding hydrogens is 256 g/mol. The molecule has 0 unspecified atom stereocenters. The maximum absolute atomic E-state index is 11.6. The Labute approximate surface area is 119 Å². The van der Waals surface area contributed by atoms with Crippen molar-refractivity contribution < 1.29 is 14.3 Å². The number of nitrogens with one attached hydrogen (secondary N) is 1. The molecule has 1 aliphatic rings. The smallest absolute Gasteiger partial charge is 0.223 e. The molecular formula is C15H22N2O3. The van der Waals surface area contributed by atoms with E-state index in [1.165, 1.54) is 0 Å². The predicted octanol–water partition coefficient (Wildman–Crippen LogP) is 1.24. The largest absolute Gasteiger partial charge is 0.493 e. The molecule has 3 N–H and O–H groups in total. The summed E-state index contributed by atoms with van der Waals surface area (Å²) in [5.41, 5.74) is 6.65. The zero-order valence-corrected chi connectivity index (χ0v) is 11.9. The van der Waals surface area contributed by atoms with Crippen LogP contribution in [0.15, 0.2) is 18.2 Å². The van der Waals surface area contributed by atoms with E-state index in [0.29, 0.717) is 37.1 Å². The quantitative estimate of drug-likeness (QED) is 0.750. The van der Waals surface area contributed by atoms with Crippen molar-refractivity contribution in [2.24, 2.45) is 5.73 Å². The highest BCUT2D eigenvalue weighted by atomic mass is 16.5. The number of hydrogen-bond donors (Lipinski definition) is 2. The number of benzene rings is 1. The van der Waals surface area contributed by atoms with Crippen LogP contribution in [0.3, 0.4) is 0 Å². The van der Waals surface area contributed by atoms with Gasteiger partial charge in [-0.2, -0.15) is 0 Å². The van der Waals surface area contributed by atoms with Gasteiger partial charge in [0, 0.05) is 6.04 Å². The Bertz CT molecular complexity index is 458. The SMILES string of the molecule is COc1ccc(CCN)cc1OCCC(=O)NC1CC1. The van der Waals surface area contributed by atoms with Crippen molar-refractivity contribution in [3.63, 3.8) is 0 Å². The Kier molecular flexibility index (Phi) is 5.24. The Balaban J connectivity index is 1.85. The molecule has 0 spiro atoms. The second-order valence-corrected chi connectivity index (χ2v) is 4.96. The molecule has 2 rings (SSSR count). The van der Waals surface area contributed by atoms with E-state index in [4.69, 9.17) is 15.2 Å². The number of ether oxygens (including phenoxy) is 2. The van der Waals surface area contributed by atoms with Crippen LogP contribution in [0, 0.1) is 0 Å². The molecule has 0 atom stereocenters. The summed E-state index contributed by atoms with van der Waals surface area (Å²) in [6.07, 6.45) is 3.35. The van der Waals surface area contributed by atoms with Crippen LogP contribution in [-0.4, -0.2) is 32.2 Å². The fourth-order valence-corrected chi connectivity index (χ4v) is 1.94. The van der Waals surface area contributed by atoms with Crippen molar-refractivity contribution in [3.05, 3.63) is 23.8 Å². The lowest BCUT2D eigenvalue weighted by Crippen LogP contribution is -2.26. The van der Waals surface area contributed by atoms with E-state index in [-0.39, 0.29) is 5.91 Å². The van der Waals surface area contributed by atoms with Crippen LogP contribution in [0.4, 0.5) is 0 Å². The lowest BCUT2D eigenvalue weighted by atomic mass is 10.1. The second-order valence-electron chi connectivity index (χ2n) is 4.96. The standard InChI is InChI=1S/C15H22N2O3/c1-19-13-5-2-11(6-8-16)10-14(13)20-9-7-15(18)17-12-3-4-12/h2,5,10,12H,3-4,6-9,16H2,1H3,(H,17,18). The number of methoxy groups -OCH3 is 1. The van der Waals surface area contributed by atoms with E-state index < -0.39 is 0 Å². The average molecular weight is 278 g/mol. The van der Waals surface area contributed by atoms with Gasteiger partial charge < -0.3 is 20.5 Å². The molecule has 0 saturated heterocycles. The molecule has 110 valence electrons. The summed E-state index contributed by atoms with van der Waals surface area (Å²) in [5.74, 6) is 1.38. The molecule has 5 nitrogen and oxygen atoms in total. The highest BCUT2D eigenvalue weighted by molar-refractivity contribution is 5.76. The van der Waals surface area contributed by atoms with Gasteiger partial charge in [0.2, 0.25) is 5.91 Å². The highest BCUT2D eigenvalue weighted by Crippen LogP contribution is 2.28. The number of carbonyl (C=O) groups excluding carboxylic acids is 1. The minimum absolute atomic E-state index is 0.0459. The van der Waals surface area contributed by atoms with Crippen molar-refractivity contribution >= 4 is 5.91 Å². The zero-order chi connectivity index (χ0) is 14.4. The van der Waals surface area contributed by atoms with E-state index in [1.54, 1.807) is 7.11 Å². The summed E-state index contributed by atoms with van der Waals surface area (Å²) in [5, 5.41) is 2.93. The van der Waals surface area contributed by atoms with Gasteiger partial charge in [-0.3, -0.25) is 4.79 Å². The Morgan fingerprint density at radius 1 is 1.40 bits per heavy atom. The lowest BCUT2D eigenvalue weighted by Gasteiger charge is -2.12. The third kappa shape index (κ3) is 4.42. The molecule has 1 aromatic rings. The number of carbonyl (C=O) groups is 1. The molecule has 20 heavy (non-hydrogen) atoms. The van der Waals surface area contributed by atoms with Crippen LogP contribution in [-0.2, 0) is 11.2 Å². The van der Waals surface area contributed by atoms with Crippen molar-refractivity contribution in [3.8, 4) is 11.5 Å². The van der Waals surface area contributed by atoms with Gasteiger partial charge in [-0.1, -0.05) is 6.07 Å². The predicted molar refractivity (Wildman–Crippen MR) is 77.0 cm³/mol. The summed E-state index contributed by atoms with van der Waals surface area (Å²) >= 11 is 0. The van der Waals surface area contributed by atoms with E-state index in [0.717, 1.165) is 24.8 Å². The molecule has 0 heterocycles. The van der Waals surface area contributed by atoms with Crippen LogP contribution in [0.1, 0.15) is 24.8 Å². The third-order valence-electron chi connectivity index (χ3n) is 3.19. The van der Waals surface area contributed by atoms with Gasteiger partial charge >= 0.3 is 0 Å². The van der Waals surface area contributed by atoms with Gasteiger partial charge in [0.05, 0.1) is 20.1 Å². The van der Waals surface area contributed by atoms with Gasteiger partial charge in [-0.25, -0.2) is 0 Å². The Morgan fingerprint density at radius 2 is 2.20 bits per heavy atom. The first kappa shape index (κ1) is 14.7. The molecule has 0 aliphatic heterocycles. The van der Waals surface area contributed by atoms with Crippen LogP contribution in [0.5, 0.6) is 11.5 Å². The number of hydrogen-bond acceptors (Lipinski definition) is 4. The summed E-state index contributed by atoms with van der Waals surface area (Å²) in [7, 11) is 1.60. The van der Waals surface area contributed by atoms with Gasteiger partial charge in [0.25, 0.3) is 0 Å². The zero-order valence-electron chi connectivity index (χ0n) is 11.9. The minimum atomic E-state index is 0.0459. The number of amides is 1. The van der Waals surface area contributed by atoms with Gasteiger partial charge in [0.15, 0.2) is 11.5 Å². The highest BCUT2D eigenvalue weighted by Gasteiger charge is 2.22. The molecule has 1 aliphatic carbocycles. The fourth-order valence-electron chi connectivity index (χ4n) is 1.94. The molecule has 1 aromatic carbocycles. The topological polar surface area (TPSA) is 73.6 Å². The maximum Gasteiger partial charge on any atom is 0.223 e. The molecule has 0 radical (unpaired) electrons. The molecule has 0 aromatic heterocycles. The third-order valence-corrected chi connectivity index (χ3v) is 3.19. The van der Waals surface area contributed by atoms with Crippen LogP contribution >= 0.6 is 0 Å². The minimum Gasteiger partial charge on any atom is -0.493 e. The van der Waals surface area contributed by atoms with Crippen LogP contribution < -0.4 is 20.5 Å². The van der Waals surface area contributed by atoms with Gasteiger partial charge in [0.1, 0.15) is 0 Å². The van der Waals surface area contributed by atoms with E-state index in [9.17, 15) is 4.79 Å². The maximum atomic E-state index is 11.6. The van der Waals surface area contributed by atoms with Crippen LogP contribution in [0.25, 0.3) is 0 Å². The van der Waals surface area contributed by atoms with Gasteiger partial charge in [-0.05, 0) is 43.5 Å². The van der Waals surface area contributed by atoms with E-state index in [2.05, 4.69) is 5.32 Å². The summed E-state index contributed by atoms with van der Waals surface area (Å²) in [6, 6.07) is 6.15. The first-order valence-corrected chi connectivity index (χ1v) is 7.02. The molecule has 5 heteroatoms. The van der Waals surface area contributed by atoms with Crippen molar-refractivity contribution in [1.29, 1.82) is 0 Å². The lowest BCUT2D eigenvalue weighted by molar-refractivity contribution is -0.121. The first-order valence-electron chi connectivity index (χ1n) is 7.02. The van der Waals surface area contributed by atoms with Crippen LogP contribution in [0.2, 0.25) is 0 Å². The van der Waals surface area contributed by atoms with Crippen molar-refractivity contribution in [1.82, 2.24) is 5.32 Å². The normalized spacial score (nSPS) is 13.9. The van der Waals surface area contributed by atoms with Gasteiger partial charge in [-0.15, -0.1) is 0 Å². The Morgan fingerprint density at radius 3 is 2.85 bits per heavy atom. The molecule has 1 saturated carbocycles. The first-order chi connectivity index (χ1) is 9.72. The molecule has 0 bridgehead atoms. The summed E-state index contributed by atoms with van der Waals surface area (Å²) < 4.78 is 10.9. The summed E-state index contributed by atoms with van der Waals surface area (Å²) in [4.78, 5) is 11.6. The summed E-state index contributed by atoms with van der Waals surface area (Å²) in [6.45, 7) is 0.941. The number of nitrogens with two attached hydrogens (primary N) is 1. The second kappa shape index (κ2) is 7.14. The molecule has 1 fully saturated rings.